The molecular weight excluding hydrogens is 270 g/mol. The van der Waals surface area contributed by atoms with Gasteiger partial charge in [0.05, 0.1) is 11.0 Å². The normalized spacial score (nSPS) is 12.3. The molecule has 0 saturated heterocycles. The van der Waals surface area contributed by atoms with E-state index in [4.69, 9.17) is 5.73 Å². The van der Waals surface area contributed by atoms with Gasteiger partial charge in [0.2, 0.25) is 5.95 Å². The summed E-state index contributed by atoms with van der Waals surface area (Å²) in [5, 5.41) is 0. The van der Waals surface area contributed by atoms with E-state index in [0.29, 0.717) is 5.95 Å². The maximum Gasteiger partial charge on any atom is 0.201 e. The quantitative estimate of drug-likeness (QED) is 0.763. The van der Waals surface area contributed by atoms with Crippen LogP contribution in [-0.2, 0) is 0 Å². The van der Waals surface area contributed by atoms with Crippen LogP contribution in [0.15, 0.2) is 54.6 Å². The summed E-state index contributed by atoms with van der Waals surface area (Å²) >= 11 is 0. The first-order chi connectivity index (χ1) is 10.6. The summed E-state index contributed by atoms with van der Waals surface area (Å²) in [4.78, 5) is 4.45. The van der Waals surface area contributed by atoms with E-state index >= 15 is 0 Å². The molecule has 1 aromatic heterocycles. The first-order valence-corrected chi connectivity index (χ1v) is 7.61. The van der Waals surface area contributed by atoms with Gasteiger partial charge in [-0.3, -0.25) is 0 Å². The zero-order valence-corrected chi connectivity index (χ0v) is 13.2. The highest BCUT2D eigenvalue weighted by molar-refractivity contribution is 5.87. The van der Waals surface area contributed by atoms with Gasteiger partial charge >= 0.3 is 0 Å². The Morgan fingerprint density at radius 2 is 1.82 bits per heavy atom. The summed E-state index contributed by atoms with van der Waals surface area (Å²) in [6.45, 7) is 6.32. The summed E-state index contributed by atoms with van der Waals surface area (Å²) < 4.78 is 2.08. The molecule has 3 rings (SSSR count). The van der Waals surface area contributed by atoms with Crippen LogP contribution in [0.4, 0.5) is 5.95 Å². The molecule has 3 heteroatoms. The van der Waals surface area contributed by atoms with Crippen molar-refractivity contribution in [3.05, 3.63) is 65.7 Å². The summed E-state index contributed by atoms with van der Waals surface area (Å²) in [5.74, 6) is 0.573. The second kappa shape index (κ2) is 5.68. The Morgan fingerprint density at radius 3 is 2.45 bits per heavy atom. The van der Waals surface area contributed by atoms with E-state index in [2.05, 4.69) is 72.8 Å². The number of allylic oxidation sites excluding steroid dienone is 1. The minimum Gasteiger partial charge on any atom is -0.369 e. The monoisotopic (exact) mass is 291 g/mol. The van der Waals surface area contributed by atoms with E-state index in [-0.39, 0.29) is 6.04 Å². The molecule has 3 nitrogen and oxygen atoms in total. The Hall–Kier alpha value is -2.55. The molecule has 1 heterocycles. The van der Waals surface area contributed by atoms with Crippen LogP contribution in [0.5, 0.6) is 0 Å². The van der Waals surface area contributed by atoms with Gasteiger partial charge in [-0.1, -0.05) is 42.5 Å². The van der Waals surface area contributed by atoms with Crippen LogP contribution in [0.1, 0.15) is 37.9 Å². The first kappa shape index (κ1) is 14.4. The van der Waals surface area contributed by atoms with Crippen LogP contribution in [-0.4, -0.2) is 9.55 Å². The van der Waals surface area contributed by atoms with Gasteiger partial charge in [-0.2, -0.15) is 0 Å². The highest BCUT2D eigenvalue weighted by Crippen LogP contribution is 2.29. The number of fused-ring (bicyclic) bond motifs is 1. The van der Waals surface area contributed by atoms with Crippen LogP contribution < -0.4 is 5.73 Å². The molecule has 0 radical (unpaired) electrons. The van der Waals surface area contributed by atoms with Crippen LogP contribution in [0.2, 0.25) is 0 Å². The van der Waals surface area contributed by atoms with Crippen molar-refractivity contribution in [2.45, 2.75) is 26.8 Å². The topological polar surface area (TPSA) is 43.8 Å². The van der Waals surface area contributed by atoms with Crippen molar-refractivity contribution in [2.75, 3.05) is 5.73 Å². The number of rotatable bonds is 3. The molecule has 0 atom stereocenters. The van der Waals surface area contributed by atoms with Crippen molar-refractivity contribution in [3.8, 4) is 0 Å². The lowest BCUT2D eigenvalue weighted by atomic mass is 9.97. The Labute approximate surface area is 131 Å². The molecule has 0 amide bonds. The third kappa shape index (κ3) is 2.39. The predicted molar refractivity (Wildman–Crippen MR) is 93.7 cm³/mol. The fraction of sp³-hybridized carbons (Fsp3) is 0.211. The van der Waals surface area contributed by atoms with Crippen molar-refractivity contribution < 1.29 is 0 Å². The Bertz CT molecular complexity index is 827. The number of aromatic nitrogens is 2. The van der Waals surface area contributed by atoms with Crippen molar-refractivity contribution >= 4 is 22.6 Å². The number of nitrogen functional groups attached to an aromatic ring is 1. The molecule has 0 bridgehead atoms. The van der Waals surface area contributed by atoms with Gasteiger partial charge in [0.25, 0.3) is 0 Å². The van der Waals surface area contributed by atoms with Crippen LogP contribution in [0.3, 0.4) is 0 Å². The SMILES string of the molecule is CC=C(c1ccccc1)c1ccc2nc(N)n(C(C)C)c2c1. The maximum atomic E-state index is 6.06. The first-order valence-electron chi connectivity index (χ1n) is 7.61. The number of nitrogens with zero attached hydrogens (tertiary/aromatic N) is 2. The number of hydrogen-bond acceptors (Lipinski definition) is 2. The number of benzene rings is 2. The molecule has 0 fully saturated rings. The molecule has 3 aromatic rings. The van der Waals surface area contributed by atoms with Gasteiger partial charge in [0.1, 0.15) is 0 Å². The highest BCUT2D eigenvalue weighted by Gasteiger charge is 2.13. The highest BCUT2D eigenvalue weighted by atomic mass is 15.2. The third-order valence-corrected chi connectivity index (χ3v) is 3.92. The number of anilines is 1. The van der Waals surface area contributed by atoms with Gasteiger partial charge in [0.15, 0.2) is 0 Å². The number of nitrogens with two attached hydrogens (primary N) is 1. The lowest BCUT2D eigenvalue weighted by Crippen LogP contribution is -2.05. The average Bonchev–Trinajstić information content (AvgIpc) is 2.84. The predicted octanol–water partition coefficient (Wildman–Crippen LogP) is 4.65. The van der Waals surface area contributed by atoms with Gasteiger partial charge in [0, 0.05) is 6.04 Å². The fourth-order valence-electron chi connectivity index (χ4n) is 2.94. The van der Waals surface area contributed by atoms with E-state index in [0.717, 1.165) is 11.0 Å². The molecule has 0 saturated carbocycles. The van der Waals surface area contributed by atoms with Crippen molar-refractivity contribution in [1.29, 1.82) is 0 Å². The number of imidazole rings is 1. The minimum absolute atomic E-state index is 0.283. The Balaban J connectivity index is 2.18. The molecule has 22 heavy (non-hydrogen) atoms. The summed E-state index contributed by atoms with van der Waals surface area (Å²) in [6, 6.07) is 17.1. The molecule has 0 unspecified atom stereocenters. The lowest BCUT2D eigenvalue weighted by molar-refractivity contribution is 0.627. The molecule has 0 aliphatic heterocycles. The van der Waals surface area contributed by atoms with Gasteiger partial charge in [-0.05, 0) is 49.6 Å². The standard InChI is InChI=1S/C19H21N3/c1-4-16(14-8-6-5-7-9-14)15-10-11-17-18(12-15)22(13(2)3)19(20)21-17/h4-13H,1-3H3,(H2,20,21). The molecular formula is C19H21N3. The number of hydrogen-bond donors (Lipinski definition) is 1. The van der Waals surface area contributed by atoms with Gasteiger partial charge < -0.3 is 10.3 Å². The molecule has 2 aromatic carbocycles. The van der Waals surface area contributed by atoms with Crippen LogP contribution >= 0.6 is 0 Å². The van der Waals surface area contributed by atoms with Crippen LogP contribution in [0.25, 0.3) is 16.6 Å². The summed E-state index contributed by atoms with van der Waals surface area (Å²) in [6.07, 6.45) is 2.15. The van der Waals surface area contributed by atoms with Crippen LogP contribution in [0, 0.1) is 0 Å². The fourth-order valence-corrected chi connectivity index (χ4v) is 2.94. The minimum atomic E-state index is 0.283. The maximum absolute atomic E-state index is 6.06. The van der Waals surface area contributed by atoms with E-state index < -0.39 is 0 Å². The van der Waals surface area contributed by atoms with Crippen molar-refractivity contribution in [1.82, 2.24) is 9.55 Å². The zero-order chi connectivity index (χ0) is 15.7. The summed E-state index contributed by atoms with van der Waals surface area (Å²) in [7, 11) is 0. The molecule has 2 N–H and O–H groups in total. The lowest BCUT2D eigenvalue weighted by Gasteiger charge is -2.12. The second-order valence-corrected chi connectivity index (χ2v) is 5.71. The largest absolute Gasteiger partial charge is 0.369 e. The van der Waals surface area contributed by atoms with Gasteiger partial charge in [-0.15, -0.1) is 0 Å². The summed E-state index contributed by atoms with van der Waals surface area (Å²) in [5.41, 5.74) is 11.7. The van der Waals surface area contributed by atoms with Crippen molar-refractivity contribution in [2.24, 2.45) is 0 Å². The zero-order valence-electron chi connectivity index (χ0n) is 13.2. The molecule has 0 aliphatic carbocycles. The van der Waals surface area contributed by atoms with E-state index in [1.807, 2.05) is 12.1 Å². The second-order valence-electron chi connectivity index (χ2n) is 5.71. The van der Waals surface area contributed by atoms with Crippen molar-refractivity contribution in [3.63, 3.8) is 0 Å². The van der Waals surface area contributed by atoms with E-state index in [1.54, 1.807) is 0 Å². The van der Waals surface area contributed by atoms with Gasteiger partial charge in [-0.25, -0.2) is 4.98 Å². The molecule has 112 valence electrons. The molecule has 0 spiro atoms. The average molecular weight is 291 g/mol. The third-order valence-electron chi connectivity index (χ3n) is 3.92. The molecule has 0 aliphatic rings. The Morgan fingerprint density at radius 1 is 1.09 bits per heavy atom. The Kier molecular flexibility index (Phi) is 3.72. The van der Waals surface area contributed by atoms with E-state index in [9.17, 15) is 0 Å². The smallest absolute Gasteiger partial charge is 0.201 e. The van der Waals surface area contributed by atoms with E-state index in [1.165, 1.54) is 16.7 Å².